The second-order valence-electron chi connectivity index (χ2n) is 4.72. The lowest BCUT2D eigenvalue weighted by Crippen LogP contribution is -2.35. The maximum atomic E-state index is 11.5. The van der Waals surface area contributed by atoms with Crippen LogP contribution in [0.3, 0.4) is 0 Å². The van der Waals surface area contributed by atoms with Crippen LogP contribution >= 0.6 is 11.8 Å². The maximum Gasteiger partial charge on any atom is 0.276 e. The molecule has 8 nitrogen and oxygen atoms in total. The summed E-state index contributed by atoms with van der Waals surface area (Å²) in [5.41, 5.74) is 1.29. The van der Waals surface area contributed by atoms with Crippen LogP contribution in [0.4, 0.5) is 0 Å². The van der Waals surface area contributed by atoms with Crippen molar-refractivity contribution in [3.63, 3.8) is 0 Å². The lowest BCUT2D eigenvalue weighted by atomic mass is 10.1. The smallest absolute Gasteiger partial charge is 0.276 e. The second kappa shape index (κ2) is 7.55. The fourth-order valence-corrected chi connectivity index (χ4v) is 2.84. The number of nitrogens with zero attached hydrogens (tertiary/aromatic N) is 2. The van der Waals surface area contributed by atoms with E-state index in [1.54, 1.807) is 11.8 Å². The van der Waals surface area contributed by atoms with Crippen LogP contribution in [0.5, 0.6) is 0 Å². The fourth-order valence-electron chi connectivity index (χ4n) is 2.07. The number of rotatable bonds is 8. The summed E-state index contributed by atoms with van der Waals surface area (Å²) in [6.45, 7) is 0.717. The highest BCUT2D eigenvalue weighted by molar-refractivity contribution is 7.98. The molecule has 21 heavy (non-hydrogen) atoms. The Balaban J connectivity index is 1.98. The number of thioether (sulfide) groups is 1. The Bertz CT molecular complexity index is 629. The Morgan fingerprint density at radius 2 is 2.33 bits per heavy atom. The molecule has 0 aliphatic carbocycles. The van der Waals surface area contributed by atoms with Gasteiger partial charge in [-0.15, -0.1) is 0 Å². The number of aromatic amines is 2. The number of fused-ring (bicyclic) bond motifs is 1. The molecule has 0 radical (unpaired) electrons. The van der Waals surface area contributed by atoms with Crippen molar-refractivity contribution < 1.29 is 10.2 Å². The first-order chi connectivity index (χ1) is 10.2. The van der Waals surface area contributed by atoms with E-state index in [4.69, 9.17) is 5.11 Å². The number of aromatic nitrogens is 4. The second-order valence-corrected chi connectivity index (χ2v) is 5.63. The minimum absolute atomic E-state index is 0.0495. The third-order valence-corrected chi connectivity index (χ3v) is 4.00. The minimum Gasteiger partial charge on any atom is -0.394 e. The van der Waals surface area contributed by atoms with Crippen molar-refractivity contribution in [2.75, 3.05) is 25.2 Å². The number of hydrogen-bond acceptors (Lipinski definition) is 7. The molecule has 0 spiro atoms. The van der Waals surface area contributed by atoms with Gasteiger partial charge in [-0.3, -0.25) is 9.89 Å². The normalized spacial score (nSPS) is 14.4. The van der Waals surface area contributed by atoms with Gasteiger partial charge >= 0.3 is 0 Å². The lowest BCUT2D eigenvalue weighted by molar-refractivity contribution is 0.0549. The van der Waals surface area contributed by atoms with Crippen LogP contribution in [0.25, 0.3) is 11.0 Å². The Kier molecular flexibility index (Phi) is 5.74. The van der Waals surface area contributed by atoms with Crippen LogP contribution in [0.15, 0.2) is 11.1 Å². The van der Waals surface area contributed by atoms with E-state index >= 15 is 0 Å². The van der Waals surface area contributed by atoms with Crippen molar-refractivity contribution >= 4 is 22.8 Å². The molecular weight excluding hydrogens is 294 g/mol. The van der Waals surface area contributed by atoms with Gasteiger partial charge in [0, 0.05) is 19.0 Å². The molecule has 0 bridgehead atoms. The van der Waals surface area contributed by atoms with E-state index in [9.17, 15) is 9.90 Å². The van der Waals surface area contributed by atoms with Crippen molar-refractivity contribution in [2.45, 2.75) is 12.6 Å². The highest BCUT2D eigenvalue weighted by atomic mass is 32.2. The number of nitrogens with one attached hydrogen (secondary N) is 3. The average molecular weight is 313 g/mol. The van der Waals surface area contributed by atoms with Crippen LogP contribution in [-0.2, 0) is 6.54 Å². The van der Waals surface area contributed by atoms with Gasteiger partial charge in [-0.05, 0) is 12.0 Å². The van der Waals surface area contributed by atoms with Gasteiger partial charge in [0.25, 0.3) is 5.56 Å². The van der Waals surface area contributed by atoms with Crippen LogP contribution in [0.1, 0.15) is 5.69 Å². The molecule has 2 aromatic rings. The molecule has 0 aliphatic rings. The number of aliphatic hydroxyl groups excluding tert-OH is 2. The van der Waals surface area contributed by atoms with Gasteiger partial charge in [0.05, 0.1) is 19.0 Å². The zero-order chi connectivity index (χ0) is 15.2. The third-order valence-electron chi connectivity index (χ3n) is 3.24. The van der Waals surface area contributed by atoms with Crippen molar-refractivity contribution in [3.05, 3.63) is 22.4 Å². The van der Waals surface area contributed by atoms with Crippen molar-refractivity contribution in [2.24, 2.45) is 5.92 Å². The maximum absolute atomic E-state index is 11.5. The zero-order valence-electron chi connectivity index (χ0n) is 11.7. The van der Waals surface area contributed by atoms with E-state index in [1.165, 1.54) is 6.33 Å². The first-order valence-electron chi connectivity index (χ1n) is 6.56. The van der Waals surface area contributed by atoms with Crippen molar-refractivity contribution in [1.82, 2.24) is 25.5 Å². The van der Waals surface area contributed by atoms with Gasteiger partial charge in [0.2, 0.25) is 0 Å². The summed E-state index contributed by atoms with van der Waals surface area (Å²) in [7, 11) is 0. The summed E-state index contributed by atoms with van der Waals surface area (Å²) in [5.74, 6) is 0.695. The van der Waals surface area contributed by atoms with Gasteiger partial charge < -0.3 is 20.5 Å². The molecule has 2 heterocycles. The largest absolute Gasteiger partial charge is 0.394 e. The van der Waals surface area contributed by atoms with Crippen molar-refractivity contribution in [1.29, 1.82) is 0 Å². The molecule has 0 aromatic carbocycles. The Labute approximate surface area is 125 Å². The first kappa shape index (κ1) is 16.0. The number of hydrogen-bond donors (Lipinski definition) is 5. The molecule has 0 saturated carbocycles. The quantitative estimate of drug-likeness (QED) is 0.426. The molecule has 116 valence electrons. The zero-order valence-corrected chi connectivity index (χ0v) is 12.5. The Morgan fingerprint density at radius 3 is 3.05 bits per heavy atom. The van der Waals surface area contributed by atoms with E-state index in [0.717, 1.165) is 5.75 Å². The monoisotopic (exact) mass is 313 g/mol. The molecule has 0 aliphatic heterocycles. The predicted molar refractivity (Wildman–Crippen MR) is 81.2 cm³/mol. The summed E-state index contributed by atoms with van der Waals surface area (Å²) < 4.78 is 0. The van der Waals surface area contributed by atoms with Gasteiger partial charge in [0.1, 0.15) is 16.7 Å². The lowest BCUT2D eigenvalue weighted by Gasteiger charge is -2.20. The molecule has 2 atom stereocenters. The minimum atomic E-state index is -0.748. The van der Waals surface area contributed by atoms with Crippen LogP contribution in [0.2, 0.25) is 0 Å². The van der Waals surface area contributed by atoms with Crippen LogP contribution in [0, 0.1) is 5.92 Å². The SMILES string of the molecule is CSC[C@@H](CNCc1n[nH]c2c(=O)[nH]cnc12)[C@@H](O)CO. The molecule has 0 fully saturated rings. The molecule has 2 aromatic heterocycles. The predicted octanol–water partition coefficient (Wildman–Crippen LogP) is -0.932. The number of H-pyrrole nitrogens is 2. The summed E-state index contributed by atoms with van der Waals surface area (Å²) >= 11 is 1.62. The molecule has 0 saturated heterocycles. The van der Waals surface area contributed by atoms with Gasteiger partial charge in [0.15, 0.2) is 0 Å². The molecule has 9 heteroatoms. The highest BCUT2D eigenvalue weighted by Crippen LogP contribution is 2.11. The third kappa shape index (κ3) is 3.82. The molecule has 0 amide bonds. The van der Waals surface area contributed by atoms with Gasteiger partial charge in [-0.25, -0.2) is 4.98 Å². The van der Waals surface area contributed by atoms with Crippen LogP contribution in [-0.4, -0.2) is 61.6 Å². The topological polar surface area (TPSA) is 127 Å². The van der Waals surface area contributed by atoms with Gasteiger partial charge in [-0.1, -0.05) is 0 Å². The summed E-state index contributed by atoms with van der Waals surface area (Å²) in [6.07, 6.45) is 2.55. The summed E-state index contributed by atoms with van der Waals surface area (Å²) in [6, 6.07) is 0. The molecule has 5 N–H and O–H groups in total. The van der Waals surface area contributed by atoms with E-state index in [2.05, 4.69) is 25.5 Å². The standard InChI is InChI=1S/C12H19N5O3S/c1-21-5-7(9(19)4-18)2-13-3-8-10-11(17-16-8)12(20)15-6-14-10/h6-7,9,13,18-19H,2-5H2,1H3,(H,16,17)(H,14,15,20)/t7-,9+/m1/s1. The molecule has 0 unspecified atom stereocenters. The van der Waals surface area contributed by atoms with E-state index < -0.39 is 6.10 Å². The highest BCUT2D eigenvalue weighted by Gasteiger charge is 2.18. The number of aliphatic hydroxyl groups is 2. The van der Waals surface area contributed by atoms with Crippen molar-refractivity contribution in [3.8, 4) is 0 Å². The van der Waals surface area contributed by atoms with E-state index in [0.29, 0.717) is 29.8 Å². The summed E-state index contributed by atoms with van der Waals surface area (Å²) in [5, 5.41) is 28.7. The van der Waals surface area contributed by atoms with E-state index in [-0.39, 0.29) is 18.1 Å². The summed E-state index contributed by atoms with van der Waals surface area (Å²) in [4.78, 5) is 18.1. The van der Waals surface area contributed by atoms with Gasteiger partial charge in [-0.2, -0.15) is 16.9 Å². The molecule has 2 rings (SSSR count). The van der Waals surface area contributed by atoms with E-state index in [1.807, 2.05) is 6.26 Å². The Hall–Kier alpha value is -1.42. The van der Waals surface area contributed by atoms with Crippen LogP contribution < -0.4 is 10.9 Å². The molecular formula is C12H19N5O3S. The average Bonchev–Trinajstić information content (AvgIpc) is 2.90. The Morgan fingerprint density at radius 1 is 1.52 bits per heavy atom. The first-order valence-corrected chi connectivity index (χ1v) is 7.96. The fraction of sp³-hybridized carbons (Fsp3) is 0.583.